The first-order valence-corrected chi connectivity index (χ1v) is 17.0. The van der Waals surface area contributed by atoms with Crippen LogP contribution in [-0.4, -0.2) is 77.5 Å². The summed E-state index contributed by atoms with van der Waals surface area (Å²) in [5.41, 5.74) is 3.15. The largest absolute Gasteiger partial charge is 0.487 e. The molecule has 3 heterocycles. The normalized spacial score (nSPS) is 22.8. The number of pyridine rings is 1. The second-order valence-electron chi connectivity index (χ2n) is 13.5. The average molecular weight is 648 g/mol. The lowest BCUT2D eigenvalue weighted by Crippen LogP contribution is -2.59. The van der Waals surface area contributed by atoms with Gasteiger partial charge in [-0.1, -0.05) is 62.7 Å². The predicted octanol–water partition coefficient (Wildman–Crippen LogP) is 6.63. The third-order valence-electron chi connectivity index (χ3n) is 9.86. The fourth-order valence-electron chi connectivity index (χ4n) is 6.88. The van der Waals surface area contributed by atoms with Crippen molar-refractivity contribution < 1.29 is 19.7 Å². The summed E-state index contributed by atoms with van der Waals surface area (Å²) in [6.45, 7) is 16.7. The molecule has 5 rings (SSSR count). The van der Waals surface area contributed by atoms with Gasteiger partial charge < -0.3 is 29.5 Å². The minimum atomic E-state index is -1.04. The highest BCUT2D eigenvalue weighted by atomic mass is 35.5. The van der Waals surface area contributed by atoms with E-state index in [-0.39, 0.29) is 0 Å². The van der Waals surface area contributed by atoms with Crippen LogP contribution in [0.4, 0.5) is 0 Å². The van der Waals surface area contributed by atoms with E-state index in [1.165, 1.54) is 0 Å². The van der Waals surface area contributed by atoms with E-state index in [9.17, 15) is 10.2 Å². The summed E-state index contributed by atoms with van der Waals surface area (Å²) in [6, 6.07) is 17.6. The van der Waals surface area contributed by atoms with Gasteiger partial charge >= 0.3 is 0 Å². The fourth-order valence-corrected chi connectivity index (χ4v) is 7.00. The molecule has 3 aromatic rings. The van der Waals surface area contributed by atoms with Crippen molar-refractivity contribution in [2.24, 2.45) is 5.41 Å². The number of aliphatic hydroxyl groups is 2. The number of likely N-dealkylation sites (tertiary alicyclic amines) is 1. The highest BCUT2D eigenvalue weighted by molar-refractivity contribution is 6.30. The number of fused-ring (bicyclic) bond motifs is 2. The summed E-state index contributed by atoms with van der Waals surface area (Å²) in [7, 11) is 0. The maximum Gasteiger partial charge on any atom is 0.131 e. The van der Waals surface area contributed by atoms with Crippen molar-refractivity contribution in [1.29, 1.82) is 0 Å². The van der Waals surface area contributed by atoms with Gasteiger partial charge in [0.05, 0.1) is 30.1 Å². The Morgan fingerprint density at radius 1 is 1.11 bits per heavy atom. The maximum atomic E-state index is 12.3. The quantitative estimate of drug-likeness (QED) is 0.214. The summed E-state index contributed by atoms with van der Waals surface area (Å²) in [6.07, 6.45) is 5.48. The zero-order valence-electron chi connectivity index (χ0n) is 28.1. The lowest BCUT2D eigenvalue weighted by molar-refractivity contribution is -0.162. The molecule has 248 valence electrons. The summed E-state index contributed by atoms with van der Waals surface area (Å²) >= 11 is 6.23. The van der Waals surface area contributed by atoms with Crippen molar-refractivity contribution in [3.8, 4) is 5.75 Å². The molecular formula is C38H50ClN3O4. The standard InChI is InChI=1S/C38H50ClN3O4/c1-6-41(7-2)22-23-45-27-37(5)26-42(21-18-38(37,44)28-12-15-30(39)16-13-28)20-9-11-31-32-10-8-19-40-34(32)25-46-35-17-14-29(24-33(31)35)36(3,4)43/h8,10-17,19,24,43-44H,6-7,9,18,20-23,25-27H2,1-5H3/b31-11+. The Morgan fingerprint density at radius 2 is 1.87 bits per heavy atom. The number of halogens is 1. The Bertz CT molecular complexity index is 1500. The van der Waals surface area contributed by atoms with Crippen LogP contribution < -0.4 is 4.74 Å². The lowest BCUT2D eigenvalue weighted by Gasteiger charge is -2.52. The molecule has 0 aliphatic carbocycles. The third kappa shape index (κ3) is 7.51. The van der Waals surface area contributed by atoms with Crippen LogP contribution in [-0.2, 0) is 22.5 Å². The smallest absolute Gasteiger partial charge is 0.131 e. The number of ether oxygens (including phenoxy) is 2. The van der Waals surface area contributed by atoms with Crippen molar-refractivity contribution in [1.82, 2.24) is 14.8 Å². The van der Waals surface area contributed by atoms with Crippen molar-refractivity contribution in [2.75, 3.05) is 52.5 Å². The van der Waals surface area contributed by atoms with Gasteiger partial charge in [0.1, 0.15) is 12.4 Å². The highest BCUT2D eigenvalue weighted by Crippen LogP contribution is 2.47. The van der Waals surface area contributed by atoms with Crippen molar-refractivity contribution >= 4 is 17.2 Å². The highest BCUT2D eigenvalue weighted by Gasteiger charge is 2.51. The second-order valence-corrected chi connectivity index (χ2v) is 13.9. The zero-order valence-corrected chi connectivity index (χ0v) is 28.8. The number of likely N-dealkylation sites (N-methyl/N-ethyl adjacent to an activating group) is 1. The van der Waals surface area contributed by atoms with Crippen molar-refractivity contribution in [2.45, 2.75) is 65.3 Å². The molecule has 8 heteroatoms. The lowest BCUT2D eigenvalue weighted by atomic mass is 9.65. The number of hydrogen-bond acceptors (Lipinski definition) is 7. The summed E-state index contributed by atoms with van der Waals surface area (Å²) < 4.78 is 12.5. The molecule has 1 aromatic heterocycles. The van der Waals surface area contributed by atoms with E-state index < -0.39 is 16.6 Å². The van der Waals surface area contributed by atoms with Crippen LogP contribution in [0, 0.1) is 5.41 Å². The molecule has 2 unspecified atom stereocenters. The van der Waals surface area contributed by atoms with E-state index in [0.29, 0.717) is 37.8 Å². The Balaban J connectivity index is 1.38. The van der Waals surface area contributed by atoms with Gasteiger partial charge in [-0.3, -0.25) is 4.98 Å². The fraction of sp³-hybridized carbons (Fsp3) is 0.500. The monoisotopic (exact) mass is 647 g/mol. The third-order valence-corrected chi connectivity index (χ3v) is 10.1. The molecule has 2 aromatic carbocycles. The molecule has 0 radical (unpaired) electrons. The number of aromatic nitrogens is 1. The predicted molar refractivity (Wildman–Crippen MR) is 185 cm³/mol. The first kappa shape index (κ1) is 34.6. The van der Waals surface area contributed by atoms with Gasteiger partial charge in [-0.15, -0.1) is 0 Å². The first-order chi connectivity index (χ1) is 22.0. The molecule has 46 heavy (non-hydrogen) atoms. The van der Waals surface area contributed by atoms with Crippen LogP contribution in [0.1, 0.15) is 75.4 Å². The van der Waals surface area contributed by atoms with E-state index in [0.717, 1.165) is 78.4 Å². The minimum absolute atomic E-state index is 0.393. The van der Waals surface area contributed by atoms with E-state index in [1.54, 1.807) is 20.0 Å². The molecule has 2 N–H and O–H groups in total. The van der Waals surface area contributed by atoms with E-state index in [1.807, 2.05) is 48.5 Å². The van der Waals surface area contributed by atoms with Gasteiger partial charge in [0.15, 0.2) is 0 Å². The van der Waals surface area contributed by atoms with Gasteiger partial charge in [-0.05, 0) is 86.8 Å². The Hall–Kier alpha value is -2.78. The summed E-state index contributed by atoms with van der Waals surface area (Å²) in [5.74, 6) is 0.790. The number of piperidine rings is 1. The van der Waals surface area contributed by atoms with Gasteiger partial charge in [0.2, 0.25) is 0 Å². The molecule has 2 aliphatic rings. The molecule has 2 atom stereocenters. The van der Waals surface area contributed by atoms with Gasteiger partial charge in [0.25, 0.3) is 0 Å². The second kappa shape index (κ2) is 14.5. The van der Waals surface area contributed by atoms with Crippen molar-refractivity contribution in [3.05, 3.63) is 99.8 Å². The van der Waals surface area contributed by atoms with Crippen LogP contribution in [0.5, 0.6) is 5.75 Å². The SMILES string of the molecule is CCN(CC)CCOCC1(C)CN(CC/C=C2/c3cc(C(C)(C)O)ccc3OCc3ncccc32)CCC1(O)c1ccc(Cl)cc1. The van der Waals surface area contributed by atoms with Crippen LogP contribution in [0.2, 0.25) is 5.02 Å². The topological polar surface area (TPSA) is 78.3 Å². The van der Waals surface area contributed by atoms with Gasteiger partial charge in [-0.25, -0.2) is 0 Å². The molecule has 0 spiro atoms. The number of hydrogen-bond donors (Lipinski definition) is 2. The summed E-state index contributed by atoms with van der Waals surface area (Å²) in [4.78, 5) is 9.43. The number of nitrogens with zero attached hydrogens (tertiary/aromatic N) is 3. The Labute approximate surface area is 279 Å². The average Bonchev–Trinajstić information content (AvgIpc) is 3.19. The van der Waals surface area contributed by atoms with Crippen LogP contribution in [0.15, 0.2) is 66.9 Å². The molecule has 0 saturated carbocycles. The van der Waals surface area contributed by atoms with E-state index in [2.05, 4.69) is 47.7 Å². The first-order valence-electron chi connectivity index (χ1n) is 16.6. The molecule has 2 aliphatic heterocycles. The van der Waals surface area contributed by atoms with Crippen molar-refractivity contribution in [3.63, 3.8) is 0 Å². The number of benzene rings is 2. The Kier molecular flexibility index (Phi) is 10.9. The summed E-state index contributed by atoms with van der Waals surface area (Å²) in [5, 5.41) is 23.8. The molecule has 0 amide bonds. The van der Waals surface area contributed by atoms with E-state index in [4.69, 9.17) is 21.1 Å². The molecule has 1 saturated heterocycles. The van der Waals surface area contributed by atoms with Crippen LogP contribution >= 0.6 is 11.6 Å². The van der Waals surface area contributed by atoms with Gasteiger partial charge in [-0.2, -0.15) is 0 Å². The van der Waals surface area contributed by atoms with Crippen LogP contribution in [0.25, 0.3) is 5.57 Å². The molecular weight excluding hydrogens is 598 g/mol. The van der Waals surface area contributed by atoms with Crippen LogP contribution in [0.3, 0.4) is 0 Å². The molecule has 7 nitrogen and oxygen atoms in total. The van der Waals surface area contributed by atoms with E-state index >= 15 is 0 Å². The molecule has 0 bridgehead atoms. The maximum absolute atomic E-state index is 12.3. The molecule has 1 fully saturated rings. The Morgan fingerprint density at radius 3 is 2.59 bits per heavy atom. The van der Waals surface area contributed by atoms with Gasteiger partial charge in [0, 0.05) is 53.9 Å². The number of rotatable bonds is 12. The zero-order chi connectivity index (χ0) is 33.0. The minimum Gasteiger partial charge on any atom is -0.487 e.